The van der Waals surface area contributed by atoms with E-state index in [2.05, 4.69) is 46.1 Å². The first-order valence-corrected chi connectivity index (χ1v) is 10.1. The van der Waals surface area contributed by atoms with Crippen molar-refractivity contribution in [1.82, 2.24) is 15.5 Å². The van der Waals surface area contributed by atoms with Crippen LogP contribution in [-0.2, 0) is 4.74 Å². The normalized spacial score (nSPS) is 23.8. The molecule has 0 aliphatic carbocycles. The molecular formula is C17H35IN4OS. The van der Waals surface area contributed by atoms with Gasteiger partial charge in [-0.1, -0.05) is 13.8 Å². The molecule has 0 amide bonds. The van der Waals surface area contributed by atoms with Crippen molar-refractivity contribution in [3.63, 3.8) is 0 Å². The van der Waals surface area contributed by atoms with Crippen LogP contribution in [0.5, 0.6) is 0 Å². The van der Waals surface area contributed by atoms with Gasteiger partial charge in [0.15, 0.2) is 5.96 Å². The number of guanidine groups is 1. The van der Waals surface area contributed by atoms with E-state index in [4.69, 9.17) is 4.74 Å². The van der Waals surface area contributed by atoms with Crippen LogP contribution in [0.25, 0.3) is 0 Å². The van der Waals surface area contributed by atoms with Gasteiger partial charge in [0.1, 0.15) is 0 Å². The maximum Gasteiger partial charge on any atom is 0.191 e. The fourth-order valence-corrected chi connectivity index (χ4v) is 4.50. The number of halogens is 1. The molecule has 0 spiro atoms. The minimum atomic E-state index is 0. The average Bonchev–Trinajstić information content (AvgIpc) is 3.07. The largest absolute Gasteiger partial charge is 0.379 e. The van der Waals surface area contributed by atoms with E-state index in [1.165, 1.54) is 25.0 Å². The van der Waals surface area contributed by atoms with Gasteiger partial charge in [0, 0.05) is 44.5 Å². The third-order valence-electron chi connectivity index (χ3n) is 4.56. The maximum atomic E-state index is 5.50. The lowest BCUT2D eigenvalue weighted by Gasteiger charge is -2.35. The molecule has 7 heteroatoms. The first kappa shape index (κ1) is 22.3. The Labute approximate surface area is 169 Å². The second kappa shape index (κ2) is 12.6. The van der Waals surface area contributed by atoms with Crippen molar-refractivity contribution in [2.45, 2.75) is 44.4 Å². The minimum Gasteiger partial charge on any atom is -0.379 e. The van der Waals surface area contributed by atoms with E-state index >= 15 is 0 Å². The zero-order chi connectivity index (χ0) is 16.5. The monoisotopic (exact) mass is 470 g/mol. The minimum absolute atomic E-state index is 0. The fraction of sp³-hybridized carbons (Fsp3) is 0.941. The Kier molecular flexibility index (Phi) is 11.7. The van der Waals surface area contributed by atoms with Crippen molar-refractivity contribution in [1.29, 1.82) is 0 Å². The van der Waals surface area contributed by atoms with Crippen molar-refractivity contribution in [2.24, 2.45) is 10.9 Å². The first-order valence-electron chi connectivity index (χ1n) is 9.07. The average molecular weight is 470 g/mol. The van der Waals surface area contributed by atoms with Crippen LogP contribution < -0.4 is 10.6 Å². The van der Waals surface area contributed by atoms with Gasteiger partial charge in [-0.25, -0.2) is 0 Å². The third-order valence-corrected chi connectivity index (χ3v) is 5.95. The van der Waals surface area contributed by atoms with Crippen LogP contribution in [0.3, 0.4) is 0 Å². The van der Waals surface area contributed by atoms with Gasteiger partial charge in [-0.3, -0.25) is 9.89 Å². The number of hydrogen-bond donors (Lipinski definition) is 2. The molecule has 2 atom stereocenters. The zero-order valence-corrected chi connectivity index (χ0v) is 18.6. The Morgan fingerprint density at radius 3 is 2.62 bits per heavy atom. The summed E-state index contributed by atoms with van der Waals surface area (Å²) in [4.78, 5) is 6.95. The Balaban J connectivity index is 0.00000288. The summed E-state index contributed by atoms with van der Waals surface area (Å²) in [5.41, 5.74) is 0. The van der Waals surface area contributed by atoms with E-state index in [9.17, 15) is 0 Å². The number of aliphatic imine (C=N–C) groups is 1. The standard InChI is InChI=1S/C17H34N4OS.HI/c1-14(2)11-15(21-6-8-22-9-7-21)12-19-17(18-3)20-13-16-5-4-10-23-16;/h14-16H,4-13H2,1-3H3,(H2,18,19,20);1H. The molecule has 2 fully saturated rings. The van der Waals surface area contributed by atoms with Gasteiger partial charge in [0.2, 0.25) is 0 Å². The highest BCUT2D eigenvalue weighted by Crippen LogP contribution is 2.25. The lowest BCUT2D eigenvalue weighted by Crippen LogP contribution is -2.51. The summed E-state index contributed by atoms with van der Waals surface area (Å²) in [5, 5.41) is 7.79. The number of morpholine rings is 1. The molecule has 0 saturated carbocycles. The molecule has 0 radical (unpaired) electrons. The van der Waals surface area contributed by atoms with Crippen molar-refractivity contribution in [2.75, 3.05) is 52.2 Å². The summed E-state index contributed by atoms with van der Waals surface area (Å²) in [5.74, 6) is 2.96. The van der Waals surface area contributed by atoms with Crippen LogP contribution >= 0.6 is 35.7 Å². The number of ether oxygens (including phenoxy) is 1. The maximum absolute atomic E-state index is 5.50. The number of nitrogens with zero attached hydrogens (tertiary/aromatic N) is 2. The predicted octanol–water partition coefficient (Wildman–Crippen LogP) is 2.41. The molecule has 2 heterocycles. The second-order valence-electron chi connectivity index (χ2n) is 6.90. The Hall–Kier alpha value is 0.270. The smallest absolute Gasteiger partial charge is 0.191 e. The topological polar surface area (TPSA) is 48.9 Å². The summed E-state index contributed by atoms with van der Waals surface area (Å²) < 4.78 is 5.50. The summed E-state index contributed by atoms with van der Waals surface area (Å²) in [7, 11) is 1.86. The van der Waals surface area contributed by atoms with E-state index < -0.39 is 0 Å². The van der Waals surface area contributed by atoms with Crippen LogP contribution in [0.1, 0.15) is 33.1 Å². The van der Waals surface area contributed by atoms with Gasteiger partial charge in [-0.05, 0) is 30.9 Å². The van der Waals surface area contributed by atoms with Gasteiger partial charge >= 0.3 is 0 Å². The molecule has 2 rings (SSSR count). The van der Waals surface area contributed by atoms with E-state index in [0.717, 1.165) is 50.6 Å². The fourth-order valence-electron chi connectivity index (χ4n) is 3.30. The van der Waals surface area contributed by atoms with E-state index in [0.29, 0.717) is 12.0 Å². The number of nitrogens with one attached hydrogen (secondary N) is 2. The third kappa shape index (κ3) is 8.10. The van der Waals surface area contributed by atoms with Crippen molar-refractivity contribution in [3.8, 4) is 0 Å². The van der Waals surface area contributed by atoms with Gasteiger partial charge in [-0.15, -0.1) is 24.0 Å². The summed E-state index contributed by atoms with van der Waals surface area (Å²) in [6.07, 6.45) is 3.90. The quantitative estimate of drug-likeness (QED) is 0.340. The van der Waals surface area contributed by atoms with Gasteiger partial charge in [0.05, 0.1) is 13.2 Å². The molecular weight excluding hydrogens is 435 g/mol. The number of thioether (sulfide) groups is 1. The summed E-state index contributed by atoms with van der Waals surface area (Å²) in [6.45, 7) is 10.4. The van der Waals surface area contributed by atoms with Crippen LogP contribution in [0, 0.1) is 5.92 Å². The molecule has 2 aliphatic rings. The molecule has 2 saturated heterocycles. The highest BCUT2D eigenvalue weighted by atomic mass is 127. The molecule has 5 nitrogen and oxygen atoms in total. The van der Waals surface area contributed by atoms with Crippen molar-refractivity contribution < 1.29 is 4.74 Å². The molecule has 2 aliphatic heterocycles. The van der Waals surface area contributed by atoms with Crippen LogP contribution in [0.2, 0.25) is 0 Å². The predicted molar refractivity (Wildman–Crippen MR) is 116 cm³/mol. The van der Waals surface area contributed by atoms with Crippen LogP contribution in [0.15, 0.2) is 4.99 Å². The van der Waals surface area contributed by atoms with E-state index in [1.54, 1.807) is 0 Å². The zero-order valence-electron chi connectivity index (χ0n) is 15.4. The molecule has 2 N–H and O–H groups in total. The van der Waals surface area contributed by atoms with Crippen LogP contribution in [-0.4, -0.2) is 74.3 Å². The molecule has 2 unspecified atom stereocenters. The summed E-state index contributed by atoms with van der Waals surface area (Å²) >= 11 is 2.08. The lowest BCUT2D eigenvalue weighted by molar-refractivity contribution is 0.0132. The first-order chi connectivity index (χ1) is 11.2. The molecule has 142 valence electrons. The molecule has 0 bridgehead atoms. The number of rotatable bonds is 7. The van der Waals surface area contributed by atoms with Crippen LogP contribution in [0.4, 0.5) is 0 Å². The van der Waals surface area contributed by atoms with Crippen molar-refractivity contribution >= 4 is 41.7 Å². The SMILES string of the molecule is CN=C(NCC1CCCS1)NCC(CC(C)C)N1CCOCC1.I. The van der Waals surface area contributed by atoms with Gasteiger partial charge < -0.3 is 15.4 Å². The molecule has 0 aromatic carbocycles. The Morgan fingerprint density at radius 2 is 2.04 bits per heavy atom. The van der Waals surface area contributed by atoms with E-state index in [-0.39, 0.29) is 24.0 Å². The second-order valence-corrected chi connectivity index (χ2v) is 8.31. The Bertz CT molecular complexity index is 358. The van der Waals surface area contributed by atoms with Gasteiger partial charge in [-0.2, -0.15) is 11.8 Å². The molecule has 0 aromatic rings. The van der Waals surface area contributed by atoms with Crippen molar-refractivity contribution in [3.05, 3.63) is 0 Å². The highest BCUT2D eigenvalue weighted by Gasteiger charge is 2.22. The highest BCUT2D eigenvalue weighted by molar-refractivity contribution is 14.0. The Morgan fingerprint density at radius 1 is 1.29 bits per heavy atom. The molecule has 0 aromatic heterocycles. The van der Waals surface area contributed by atoms with Gasteiger partial charge in [0.25, 0.3) is 0 Å². The number of hydrogen-bond acceptors (Lipinski definition) is 4. The molecule has 24 heavy (non-hydrogen) atoms. The van der Waals surface area contributed by atoms with E-state index in [1.807, 2.05) is 7.05 Å². The summed E-state index contributed by atoms with van der Waals surface area (Å²) in [6, 6.07) is 0.554. The lowest BCUT2D eigenvalue weighted by atomic mass is 10.0.